The Balaban J connectivity index is 2.36. The Kier molecular flexibility index (Phi) is 6.39. The number of nitrogens with one attached hydrogen (secondary N) is 2. The molecule has 1 rings (SSSR count). The summed E-state index contributed by atoms with van der Waals surface area (Å²) in [6.07, 6.45) is 4.71. The van der Waals surface area contributed by atoms with E-state index in [1.54, 1.807) is 4.68 Å². The third kappa shape index (κ3) is 5.32. The number of hydrogen-bond acceptors (Lipinski definition) is 2. The molecule has 1 atom stereocenters. The third-order valence-corrected chi connectivity index (χ3v) is 3.34. The number of amides is 2. The van der Waals surface area contributed by atoms with Gasteiger partial charge in [-0.05, 0) is 19.3 Å². The second-order valence-electron chi connectivity index (χ2n) is 5.05. The molecule has 5 heteroatoms. The maximum Gasteiger partial charge on any atom is 0.320 e. The summed E-state index contributed by atoms with van der Waals surface area (Å²) < 4.78 is 1.67. The molecule has 0 aromatic carbocycles. The minimum Gasteiger partial charge on any atom is -0.338 e. The Bertz CT molecular complexity index is 400. The summed E-state index contributed by atoms with van der Waals surface area (Å²) in [5.74, 6) is 1.29. The molecule has 0 fully saturated rings. The highest BCUT2D eigenvalue weighted by atomic mass is 16.2. The van der Waals surface area contributed by atoms with Gasteiger partial charge >= 0.3 is 6.03 Å². The highest BCUT2D eigenvalue weighted by Gasteiger charge is 2.10. The summed E-state index contributed by atoms with van der Waals surface area (Å²) >= 11 is 0. The largest absolute Gasteiger partial charge is 0.338 e. The molecule has 2 N–H and O–H groups in total. The fourth-order valence-corrected chi connectivity index (χ4v) is 2.07. The Hall–Kier alpha value is -1.52. The van der Waals surface area contributed by atoms with Crippen LogP contribution in [0.4, 0.5) is 10.6 Å². The van der Waals surface area contributed by atoms with Crippen LogP contribution in [0, 0.1) is 12.8 Å². The SMILES string of the molecule is CCCCC(CC)CNC(=O)Nc1cc(C)nn1C. The summed E-state index contributed by atoms with van der Waals surface area (Å²) in [5, 5.41) is 9.94. The minimum atomic E-state index is -0.155. The van der Waals surface area contributed by atoms with Gasteiger partial charge in [-0.15, -0.1) is 0 Å². The van der Waals surface area contributed by atoms with Crippen LogP contribution in [0.25, 0.3) is 0 Å². The van der Waals surface area contributed by atoms with Crippen molar-refractivity contribution in [1.29, 1.82) is 0 Å². The first-order chi connectivity index (χ1) is 9.06. The zero-order valence-corrected chi connectivity index (χ0v) is 12.5. The number of aryl methyl sites for hydroxylation is 2. The van der Waals surface area contributed by atoms with Crippen LogP contribution in [0.15, 0.2) is 6.07 Å². The van der Waals surface area contributed by atoms with Crippen molar-refractivity contribution < 1.29 is 4.79 Å². The maximum absolute atomic E-state index is 11.8. The lowest BCUT2D eigenvalue weighted by Crippen LogP contribution is -2.33. The Labute approximate surface area is 115 Å². The number of hydrogen-bond donors (Lipinski definition) is 2. The zero-order chi connectivity index (χ0) is 14.3. The lowest BCUT2D eigenvalue weighted by atomic mass is 9.99. The van der Waals surface area contributed by atoms with Gasteiger partial charge < -0.3 is 5.32 Å². The molecule has 0 aliphatic rings. The van der Waals surface area contributed by atoms with E-state index in [9.17, 15) is 4.79 Å². The molecule has 1 aromatic rings. The van der Waals surface area contributed by atoms with E-state index < -0.39 is 0 Å². The number of urea groups is 1. The highest BCUT2D eigenvalue weighted by Crippen LogP contribution is 2.11. The molecule has 19 heavy (non-hydrogen) atoms. The Morgan fingerprint density at radius 1 is 1.47 bits per heavy atom. The number of nitrogens with zero attached hydrogens (tertiary/aromatic N) is 2. The Morgan fingerprint density at radius 3 is 2.74 bits per heavy atom. The van der Waals surface area contributed by atoms with E-state index in [0.717, 1.165) is 24.5 Å². The van der Waals surface area contributed by atoms with Gasteiger partial charge in [0.2, 0.25) is 0 Å². The summed E-state index contributed by atoms with van der Waals surface area (Å²) in [5.41, 5.74) is 0.896. The summed E-state index contributed by atoms with van der Waals surface area (Å²) in [6.45, 7) is 7.00. The van der Waals surface area contributed by atoms with Crippen molar-refractivity contribution in [2.24, 2.45) is 13.0 Å². The normalized spacial score (nSPS) is 12.2. The fourth-order valence-electron chi connectivity index (χ4n) is 2.07. The molecule has 0 bridgehead atoms. The van der Waals surface area contributed by atoms with E-state index in [-0.39, 0.29) is 6.03 Å². The second-order valence-corrected chi connectivity index (χ2v) is 5.05. The lowest BCUT2D eigenvalue weighted by molar-refractivity contribution is 0.249. The molecule has 0 spiro atoms. The molecule has 0 saturated carbocycles. The quantitative estimate of drug-likeness (QED) is 0.797. The van der Waals surface area contributed by atoms with Crippen LogP contribution in [0.5, 0.6) is 0 Å². The van der Waals surface area contributed by atoms with Crippen molar-refractivity contribution >= 4 is 11.8 Å². The van der Waals surface area contributed by atoms with Gasteiger partial charge in [0.15, 0.2) is 0 Å². The summed E-state index contributed by atoms with van der Waals surface area (Å²) in [6, 6.07) is 1.70. The van der Waals surface area contributed by atoms with Gasteiger partial charge in [-0.3, -0.25) is 10.00 Å². The molecular formula is C14H26N4O. The zero-order valence-electron chi connectivity index (χ0n) is 12.5. The third-order valence-electron chi connectivity index (χ3n) is 3.34. The number of rotatable bonds is 7. The van der Waals surface area contributed by atoms with E-state index in [1.807, 2.05) is 20.0 Å². The molecule has 0 aliphatic heterocycles. The van der Waals surface area contributed by atoms with Crippen LogP contribution < -0.4 is 10.6 Å². The molecule has 1 aromatic heterocycles. The topological polar surface area (TPSA) is 59.0 Å². The van der Waals surface area contributed by atoms with Gasteiger partial charge in [0.25, 0.3) is 0 Å². The predicted octanol–water partition coefficient (Wildman–Crippen LogP) is 3.07. The van der Waals surface area contributed by atoms with Gasteiger partial charge in [0.05, 0.1) is 5.69 Å². The van der Waals surface area contributed by atoms with E-state index in [4.69, 9.17) is 0 Å². The van der Waals surface area contributed by atoms with Crippen molar-refractivity contribution in [1.82, 2.24) is 15.1 Å². The van der Waals surface area contributed by atoms with Crippen molar-refractivity contribution in [2.75, 3.05) is 11.9 Å². The van der Waals surface area contributed by atoms with Crippen molar-refractivity contribution in [3.63, 3.8) is 0 Å². The molecule has 0 saturated heterocycles. The second kappa shape index (κ2) is 7.81. The molecule has 1 unspecified atom stereocenters. The number of unbranched alkanes of at least 4 members (excludes halogenated alkanes) is 1. The van der Waals surface area contributed by atoms with E-state index >= 15 is 0 Å². The monoisotopic (exact) mass is 266 g/mol. The lowest BCUT2D eigenvalue weighted by Gasteiger charge is -2.15. The minimum absolute atomic E-state index is 0.155. The summed E-state index contributed by atoms with van der Waals surface area (Å²) in [4.78, 5) is 11.8. The number of aromatic nitrogens is 2. The molecule has 0 radical (unpaired) electrons. The highest BCUT2D eigenvalue weighted by molar-refractivity contribution is 5.88. The summed E-state index contributed by atoms with van der Waals surface area (Å²) in [7, 11) is 1.82. The van der Waals surface area contributed by atoms with Crippen molar-refractivity contribution in [3.05, 3.63) is 11.8 Å². The van der Waals surface area contributed by atoms with Crippen LogP contribution in [-0.4, -0.2) is 22.4 Å². The number of carbonyl (C=O) groups excluding carboxylic acids is 1. The maximum atomic E-state index is 11.8. The van der Waals surface area contributed by atoms with Gasteiger partial charge in [0.1, 0.15) is 5.82 Å². The van der Waals surface area contributed by atoms with Gasteiger partial charge in [-0.25, -0.2) is 4.79 Å². The average molecular weight is 266 g/mol. The van der Waals surface area contributed by atoms with Gasteiger partial charge in [-0.2, -0.15) is 5.10 Å². The Morgan fingerprint density at radius 2 is 2.21 bits per heavy atom. The predicted molar refractivity (Wildman–Crippen MR) is 78.3 cm³/mol. The molecule has 2 amide bonds. The van der Waals surface area contributed by atoms with Crippen LogP contribution in [-0.2, 0) is 7.05 Å². The van der Waals surface area contributed by atoms with E-state index in [2.05, 4.69) is 29.6 Å². The molecular weight excluding hydrogens is 240 g/mol. The van der Waals surface area contributed by atoms with Gasteiger partial charge in [-0.1, -0.05) is 33.1 Å². The van der Waals surface area contributed by atoms with Crippen LogP contribution in [0.3, 0.4) is 0 Å². The molecule has 0 aliphatic carbocycles. The first-order valence-electron chi connectivity index (χ1n) is 7.12. The van der Waals surface area contributed by atoms with Crippen LogP contribution >= 0.6 is 0 Å². The van der Waals surface area contributed by atoms with E-state index in [0.29, 0.717) is 5.92 Å². The first kappa shape index (κ1) is 15.5. The standard InChI is InChI=1S/C14H26N4O/c1-5-7-8-12(6-2)10-15-14(19)16-13-9-11(3)17-18(13)4/h9,12H,5-8,10H2,1-4H3,(H2,15,16,19). The molecule has 5 nitrogen and oxygen atoms in total. The van der Waals surface area contributed by atoms with Crippen molar-refractivity contribution in [2.45, 2.75) is 46.5 Å². The van der Waals surface area contributed by atoms with E-state index in [1.165, 1.54) is 19.3 Å². The molecule has 108 valence electrons. The average Bonchev–Trinajstić information content (AvgIpc) is 2.68. The van der Waals surface area contributed by atoms with Crippen LogP contribution in [0.1, 0.15) is 45.2 Å². The van der Waals surface area contributed by atoms with Crippen molar-refractivity contribution in [3.8, 4) is 0 Å². The first-order valence-corrected chi connectivity index (χ1v) is 7.12. The smallest absolute Gasteiger partial charge is 0.320 e. The fraction of sp³-hybridized carbons (Fsp3) is 0.714. The van der Waals surface area contributed by atoms with Gasteiger partial charge in [0, 0.05) is 19.7 Å². The number of anilines is 1. The molecule has 1 heterocycles. The number of carbonyl (C=O) groups is 1. The van der Waals surface area contributed by atoms with Crippen LogP contribution in [0.2, 0.25) is 0 Å².